The molecule has 0 spiro atoms. The van der Waals surface area contributed by atoms with Gasteiger partial charge in [-0.2, -0.15) is 0 Å². The van der Waals surface area contributed by atoms with Crippen LogP contribution in [-0.4, -0.2) is 20.5 Å². The second-order valence-corrected chi connectivity index (χ2v) is 4.59. The summed E-state index contributed by atoms with van der Waals surface area (Å²) >= 11 is 0. The highest BCUT2D eigenvalue weighted by Gasteiger charge is 2.24. The standard InChI is InChI=1S/C14H12N6/c15-13-18-12(9-5-7-16-8-6-9)20-11-4-2-1-3-10(11)17-14(20)19-13/h1-8,12H,(H3,15,17,18,19). The molecule has 0 amide bonds. The number of para-hydroxylation sites is 2. The Morgan fingerprint density at radius 2 is 1.90 bits per heavy atom. The molecule has 3 N–H and O–H groups in total. The van der Waals surface area contributed by atoms with Crippen molar-refractivity contribution in [2.45, 2.75) is 6.17 Å². The summed E-state index contributed by atoms with van der Waals surface area (Å²) in [4.78, 5) is 13.1. The van der Waals surface area contributed by atoms with Crippen LogP contribution in [0.25, 0.3) is 11.0 Å². The molecule has 3 aromatic rings. The second-order valence-electron chi connectivity index (χ2n) is 4.59. The number of hydrogen-bond donors (Lipinski definition) is 2. The van der Waals surface area contributed by atoms with Crippen LogP contribution in [0.5, 0.6) is 0 Å². The molecule has 1 aliphatic rings. The third-order valence-corrected chi connectivity index (χ3v) is 3.35. The van der Waals surface area contributed by atoms with Gasteiger partial charge in [0.25, 0.3) is 0 Å². The van der Waals surface area contributed by atoms with Gasteiger partial charge in [-0.25, -0.2) is 9.98 Å². The van der Waals surface area contributed by atoms with E-state index in [4.69, 9.17) is 5.73 Å². The number of rotatable bonds is 1. The van der Waals surface area contributed by atoms with Gasteiger partial charge in [-0.15, -0.1) is 0 Å². The van der Waals surface area contributed by atoms with Crippen molar-refractivity contribution in [3.8, 4) is 0 Å². The molecule has 2 aromatic heterocycles. The fraction of sp³-hybridized carbons (Fsp3) is 0.0714. The molecule has 98 valence electrons. The number of hydrogen-bond acceptors (Lipinski definition) is 5. The highest BCUT2D eigenvalue weighted by Crippen LogP contribution is 2.31. The first-order chi connectivity index (χ1) is 9.83. The molecule has 0 radical (unpaired) electrons. The second kappa shape index (κ2) is 4.06. The highest BCUT2D eigenvalue weighted by molar-refractivity contribution is 5.94. The van der Waals surface area contributed by atoms with Gasteiger partial charge in [0.1, 0.15) is 0 Å². The van der Waals surface area contributed by atoms with E-state index >= 15 is 0 Å². The third kappa shape index (κ3) is 1.55. The van der Waals surface area contributed by atoms with E-state index in [1.165, 1.54) is 0 Å². The van der Waals surface area contributed by atoms with Gasteiger partial charge in [0, 0.05) is 18.0 Å². The fourth-order valence-corrected chi connectivity index (χ4v) is 2.48. The van der Waals surface area contributed by atoms with Gasteiger partial charge in [0.05, 0.1) is 11.0 Å². The third-order valence-electron chi connectivity index (χ3n) is 3.35. The summed E-state index contributed by atoms with van der Waals surface area (Å²) in [5, 5.41) is 3.01. The first-order valence-electron chi connectivity index (χ1n) is 6.30. The summed E-state index contributed by atoms with van der Waals surface area (Å²) in [6.45, 7) is 0. The van der Waals surface area contributed by atoms with Gasteiger partial charge >= 0.3 is 0 Å². The quantitative estimate of drug-likeness (QED) is 0.701. The van der Waals surface area contributed by atoms with Crippen molar-refractivity contribution >= 4 is 22.9 Å². The summed E-state index contributed by atoms with van der Waals surface area (Å²) in [5.74, 6) is 1.08. The number of benzene rings is 1. The van der Waals surface area contributed by atoms with Gasteiger partial charge in [-0.05, 0) is 24.3 Å². The lowest BCUT2D eigenvalue weighted by Crippen LogP contribution is -2.31. The lowest BCUT2D eigenvalue weighted by molar-refractivity contribution is 0.625. The van der Waals surface area contributed by atoms with Crippen LogP contribution < -0.4 is 11.1 Å². The maximum Gasteiger partial charge on any atom is 0.212 e. The van der Waals surface area contributed by atoms with Crippen molar-refractivity contribution in [2.24, 2.45) is 10.7 Å². The largest absolute Gasteiger partial charge is 0.370 e. The number of nitrogens with one attached hydrogen (secondary N) is 1. The van der Waals surface area contributed by atoms with Crippen molar-refractivity contribution < 1.29 is 0 Å². The number of aromatic nitrogens is 3. The molecule has 1 atom stereocenters. The van der Waals surface area contributed by atoms with Gasteiger partial charge in [-0.3, -0.25) is 14.9 Å². The number of pyridine rings is 1. The molecule has 1 aromatic carbocycles. The van der Waals surface area contributed by atoms with Crippen molar-refractivity contribution in [1.29, 1.82) is 0 Å². The van der Waals surface area contributed by atoms with Gasteiger partial charge in [0.2, 0.25) is 5.95 Å². The van der Waals surface area contributed by atoms with Crippen molar-refractivity contribution in [3.05, 3.63) is 54.4 Å². The molecular weight excluding hydrogens is 252 g/mol. The minimum atomic E-state index is -0.221. The lowest BCUT2D eigenvalue weighted by atomic mass is 10.2. The monoisotopic (exact) mass is 264 g/mol. The van der Waals surface area contributed by atoms with E-state index in [0.717, 1.165) is 16.6 Å². The first kappa shape index (κ1) is 11.0. The van der Waals surface area contributed by atoms with E-state index in [2.05, 4.69) is 20.3 Å². The Balaban J connectivity index is 1.98. The van der Waals surface area contributed by atoms with E-state index in [1.54, 1.807) is 12.4 Å². The maximum absolute atomic E-state index is 5.87. The maximum atomic E-state index is 5.87. The molecule has 0 saturated heterocycles. The smallest absolute Gasteiger partial charge is 0.212 e. The van der Waals surface area contributed by atoms with Crippen LogP contribution >= 0.6 is 0 Å². The predicted molar refractivity (Wildman–Crippen MR) is 77.4 cm³/mol. The Morgan fingerprint density at radius 3 is 2.75 bits per heavy atom. The summed E-state index contributed by atoms with van der Waals surface area (Å²) in [6, 6.07) is 11.8. The molecule has 6 heteroatoms. The molecule has 1 unspecified atom stereocenters. The van der Waals surface area contributed by atoms with Gasteiger partial charge in [-0.1, -0.05) is 12.1 Å². The number of nitrogens with zero attached hydrogens (tertiary/aromatic N) is 4. The van der Waals surface area contributed by atoms with E-state index in [9.17, 15) is 0 Å². The predicted octanol–water partition coefficient (Wildman–Crippen LogP) is 1.72. The molecule has 0 saturated carbocycles. The van der Waals surface area contributed by atoms with Crippen LogP contribution in [0, 0.1) is 0 Å². The van der Waals surface area contributed by atoms with Crippen LogP contribution in [0.4, 0.5) is 5.95 Å². The number of fused-ring (bicyclic) bond motifs is 3. The van der Waals surface area contributed by atoms with Crippen molar-refractivity contribution in [2.75, 3.05) is 5.32 Å². The zero-order valence-corrected chi connectivity index (χ0v) is 10.6. The number of anilines is 1. The van der Waals surface area contributed by atoms with Crippen LogP contribution in [0.15, 0.2) is 53.8 Å². The minimum Gasteiger partial charge on any atom is -0.370 e. The number of guanidine groups is 1. The topological polar surface area (TPSA) is 81.1 Å². The molecule has 1 aliphatic heterocycles. The SMILES string of the molecule is NC1=NC(c2ccncc2)n2c(nc3ccccc32)N1. The summed E-state index contributed by atoms with van der Waals surface area (Å²) in [5.41, 5.74) is 8.83. The Hall–Kier alpha value is -2.89. The van der Waals surface area contributed by atoms with E-state index in [0.29, 0.717) is 11.9 Å². The van der Waals surface area contributed by atoms with Crippen molar-refractivity contribution in [3.63, 3.8) is 0 Å². The minimum absolute atomic E-state index is 0.221. The molecular formula is C14H12N6. The Labute approximate surface area is 115 Å². The summed E-state index contributed by atoms with van der Waals surface area (Å²) in [6.07, 6.45) is 3.28. The van der Waals surface area contributed by atoms with Crippen LogP contribution in [0.3, 0.4) is 0 Å². The van der Waals surface area contributed by atoms with E-state index < -0.39 is 0 Å². The van der Waals surface area contributed by atoms with Gasteiger partial charge < -0.3 is 5.73 Å². The van der Waals surface area contributed by atoms with Crippen molar-refractivity contribution in [1.82, 2.24) is 14.5 Å². The fourth-order valence-electron chi connectivity index (χ4n) is 2.48. The molecule has 0 bridgehead atoms. The average Bonchev–Trinajstić information content (AvgIpc) is 2.85. The van der Waals surface area contributed by atoms with Crippen LogP contribution in [-0.2, 0) is 0 Å². The molecule has 3 heterocycles. The number of imidazole rings is 1. The molecule has 6 nitrogen and oxygen atoms in total. The Morgan fingerprint density at radius 1 is 1.10 bits per heavy atom. The van der Waals surface area contributed by atoms with E-state index in [-0.39, 0.29) is 6.17 Å². The molecule has 20 heavy (non-hydrogen) atoms. The van der Waals surface area contributed by atoms with E-state index in [1.807, 2.05) is 41.0 Å². The highest BCUT2D eigenvalue weighted by atomic mass is 15.4. The Bertz CT molecular complexity index is 805. The number of aliphatic imine (C=N–C) groups is 1. The Kier molecular flexibility index (Phi) is 2.23. The zero-order chi connectivity index (χ0) is 13.5. The first-order valence-corrected chi connectivity index (χ1v) is 6.30. The zero-order valence-electron chi connectivity index (χ0n) is 10.6. The normalized spacial score (nSPS) is 17.4. The summed E-state index contributed by atoms with van der Waals surface area (Å²) in [7, 11) is 0. The molecule has 0 fully saturated rings. The van der Waals surface area contributed by atoms with Crippen LogP contribution in [0.1, 0.15) is 11.7 Å². The lowest BCUT2D eigenvalue weighted by Gasteiger charge is -2.23. The van der Waals surface area contributed by atoms with Crippen LogP contribution in [0.2, 0.25) is 0 Å². The summed E-state index contributed by atoms with van der Waals surface area (Å²) < 4.78 is 2.04. The van der Waals surface area contributed by atoms with Gasteiger partial charge in [0.15, 0.2) is 12.1 Å². The average molecular weight is 264 g/mol. The molecule has 0 aliphatic carbocycles. The number of nitrogens with two attached hydrogens (primary N) is 1. The molecule has 4 rings (SSSR count).